The molecule has 1 fully saturated rings. The van der Waals surface area contributed by atoms with Gasteiger partial charge in [-0.1, -0.05) is 36.4 Å². The van der Waals surface area contributed by atoms with Crippen molar-refractivity contribution in [2.45, 2.75) is 26.6 Å². The number of ether oxygens (including phenoxy) is 3. The maximum absolute atomic E-state index is 5.89. The molecule has 33 heavy (non-hydrogen) atoms. The molecule has 1 heterocycles. The lowest BCUT2D eigenvalue weighted by Gasteiger charge is -2.26. The van der Waals surface area contributed by atoms with Gasteiger partial charge in [-0.3, -0.25) is 9.89 Å². The Morgan fingerprint density at radius 1 is 1.03 bits per heavy atom. The lowest BCUT2D eigenvalue weighted by Crippen LogP contribution is -2.36. The van der Waals surface area contributed by atoms with Crippen LogP contribution in [0.1, 0.15) is 22.3 Å². The van der Waals surface area contributed by atoms with Crippen LogP contribution in [0.4, 0.5) is 0 Å². The number of hydrogen-bond acceptors (Lipinski definition) is 5. The predicted octanol–water partition coefficient (Wildman–Crippen LogP) is 3.34. The van der Waals surface area contributed by atoms with E-state index in [4.69, 9.17) is 14.2 Å². The van der Waals surface area contributed by atoms with Crippen LogP contribution in [0.2, 0.25) is 0 Å². The Balaban J connectivity index is 0.00000385. The van der Waals surface area contributed by atoms with Crippen molar-refractivity contribution in [3.05, 3.63) is 64.7 Å². The maximum atomic E-state index is 5.89. The molecule has 8 heteroatoms. The summed E-state index contributed by atoms with van der Waals surface area (Å²) in [5.41, 5.74) is 4.81. The van der Waals surface area contributed by atoms with Crippen LogP contribution < -0.4 is 15.4 Å². The zero-order chi connectivity index (χ0) is 22.6. The summed E-state index contributed by atoms with van der Waals surface area (Å²) in [5.74, 6) is 1.63. The Kier molecular flexibility index (Phi) is 12.5. The second-order valence-electron chi connectivity index (χ2n) is 7.94. The highest BCUT2D eigenvalue weighted by Crippen LogP contribution is 2.20. The van der Waals surface area contributed by atoms with Gasteiger partial charge in [-0.05, 0) is 29.7 Å². The number of aryl methyl sites for hydroxylation is 1. The number of aliphatic imine (C=N–C) groups is 1. The highest BCUT2D eigenvalue weighted by Gasteiger charge is 2.11. The molecule has 2 aromatic carbocycles. The average molecular weight is 569 g/mol. The first-order valence-corrected chi connectivity index (χ1v) is 11.2. The van der Waals surface area contributed by atoms with Gasteiger partial charge in [0.05, 0.1) is 19.8 Å². The first kappa shape index (κ1) is 27.4. The van der Waals surface area contributed by atoms with Crippen LogP contribution in [0, 0.1) is 6.92 Å². The van der Waals surface area contributed by atoms with Crippen molar-refractivity contribution in [2.75, 3.05) is 53.7 Å². The van der Waals surface area contributed by atoms with Crippen molar-refractivity contribution in [3.63, 3.8) is 0 Å². The molecule has 0 unspecified atom stereocenters. The fourth-order valence-electron chi connectivity index (χ4n) is 3.62. The lowest BCUT2D eigenvalue weighted by molar-refractivity contribution is 0.0342. The Morgan fingerprint density at radius 3 is 2.55 bits per heavy atom. The van der Waals surface area contributed by atoms with E-state index in [1.54, 1.807) is 14.2 Å². The van der Waals surface area contributed by atoms with Crippen LogP contribution in [0.25, 0.3) is 0 Å². The van der Waals surface area contributed by atoms with Crippen LogP contribution >= 0.6 is 24.0 Å². The van der Waals surface area contributed by atoms with Crippen molar-refractivity contribution in [1.29, 1.82) is 0 Å². The third-order valence-corrected chi connectivity index (χ3v) is 5.40. The number of hydrogen-bond donors (Lipinski definition) is 2. The third-order valence-electron chi connectivity index (χ3n) is 5.40. The molecule has 0 aromatic heterocycles. The number of nitrogens with one attached hydrogen (secondary N) is 2. The van der Waals surface area contributed by atoms with Crippen LogP contribution in [-0.4, -0.2) is 64.5 Å². The summed E-state index contributed by atoms with van der Waals surface area (Å²) in [6.07, 6.45) is 0. The van der Waals surface area contributed by atoms with Crippen LogP contribution in [0.15, 0.2) is 47.5 Å². The van der Waals surface area contributed by atoms with Gasteiger partial charge in [0.2, 0.25) is 0 Å². The molecule has 1 aliphatic rings. The van der Waals surface area contributed by atoms with E-state index in [0.29, 0.717) is 26.3 Å². The molecule has 0 bridgehead atoms. The summed E-state index contributed by atoms with van der Waals surface area (Å²) in [5, 5.41) is 6.81. The Morgan fingerprint density at radius 2 is 1.79 bits per heavy atom. The Bertz CT molecular complexity index is 872. The van der Waals surface area contributed by atoms with Gasteiger partial charge in [-0.2, -0.15) is 0 Å². The average Bonchev–Trinajstić information content (AvgIpc) is 2.81. The van der Waals surface area contributed by atoms with E-state index in [1.807, 2.05) is 0 Å². The number of rotatable bonds is 10. The van der Waals surface area contributed by atoms with Gasteiger partial charge in [0, 0.05) is 52.4 Å². The van der Waals surface area contributed by atoms with Gasteiger partial charge >= 0.3 is 0 Å². The quantitative estimate of drug-likeness (QED) is 0.199. The molecule has 182 valence electrons. The molecule has 0 spiro atoms. The first-order chi connectivity index (χ1) is 15.7. The lowest BCUT2D eigenvalue weighted by atomic mass is 10.1. The second-order valence-corrected chi connectivity index (χ2v) is 7.94. The Labute approximate surface area is 214 Å². The molecule has 3 rings (SSSR count). The van der Waals surface area contributed by atoms with Crippen molar-refractivity contribution >= 4 is 29.9 Å². The molecule has 1 saturated heterocycles. The van der Waals surface area contributed by atoms with Gasteiger partial charge in [0.1, 0.15) is 12.4 Å². The van der Waals surface area contributed by atoms with Crippen molar-refractivity contribution in [1.82, 2.24) is 15.5 Å². The number of benzene rings is 2. The molecule has 0 radical (unpaired) electrons. The van der Waals surface area contributed by atoms with Crippen molar-refractivity contribution in [2.24, 2.45) is 4.99 Å². The SMILES string of the molecule is CN=C(NCc1cccc(CN2CCOCC2)c1)NCc1ccc(C)cc1OCCOC.I. The van der Waals surface area contributed by atoms with Crippen molar-refractivity contribution in [3.8, 4) is 5.75 Å². The number of guanidine groups is 1. The fourth-order valence-corrected chi connectivity index (χ4v) is 3.62. The summed E-state index contributed by atoms with van der Waals surface area (Å²) in [7, 11) is 3.46. The number of morpholine rings is 1. The molecule has 0 saturated carbocycles. The first-order valence-electron chi connectivity index (χ1n) is 11.2. The number of halogens is 1. The van der Waals surface area contributed by atoms with Gasteiger partial charge < -0.3 is 24.8 Å². The monoisotopic (exact) mass is 568 g/mol. The maximum Gasteiger partial charge on any atom is 0.191 e. The van der Waals surface area contributed by atoms with Crippen LogP contribution in [0.3, 0.4) is 0 Å². The van der Waals surface area contributed by atoms with Crippen LogP contribution in [-0.2, 0) is 29.1 Å². The van der Waals surface area contributed by atoms with Gasteiger partial charge in [-0.25, -0.2) is 0 Å². The van der Waals surface area contributed by atoms with E-state index < -0.39 is 0 Å². The summed E-state index contributed by atoms with van der Waals surface area (Å²) < 4.78 is 16.4. The van der Waals surface area contributed by atoms with E-state index in [-0.39, 0.29) is 24.0 Å². The standard InChI is InChI=1S/C25H36N4O3.HI/c1-20-7-8-23(24(15-20)32-14-13-30-3)18-28-25(26-2)27-17-21-5-4-6-22(16-21)19-29-9-11-31-12-10-29;/h4-8,15-16H,9-14,17-19H2,1-3H3,(H2,26,27,28);1H. The normalized spacial score (nSPS) is 14.5. The molecule has 2 N–H and O–H groups in total. The molecule has 7 nitrogen and oxygen atoms in total. The van der Waals surface area contributed by atoms with Gasteiger partial charge in [-0.15, -0.1) is 24.0 Å². The highest BCUT2D eigenvalue weighted by atomic mass is 127. The minimum atomic E-state index is 0. The predicted molar refractivity (Wildman–Crippen MR) is 144 cm³/mol. The molecule has 0 amide bonds. The summed E-state index contributed by atoms with van der Waals surface area (Å²) in [4.78, 5) is 6.80. The van der Waals surface area contributed by atoms with Crippen molar-refractivity contribution < 1.29 is 14.2 Å². The summed E-state index contributed by atoms with van der Waals surface area (Å²) in [6.45, 7) is 9.09. The molecular weight excluding hydrogens is 531 g/mol. The van der Waals surface area contributed by atoms with E-state index >= 15 is 0 Å². The van der Waals surface area contributed by atoms with Gasteiger partial charge in [0.25, 0.3) is 0 Å². The minimum Gasteiger partial charge on any atom is -0.491 e. The fraction of sp³-hybridized carbons (Fsp3) is 0.480. The molecule has 0 aliphatic carbocycles. The molecule has 0 atom stereocenters. The molecule has 1 aliphatic heterocycles. The third kappa shape index (κ3) is 9.48. The van der Waals surface area contributed by atoms with Gasteiger partial charge in [0.15, 0.2) is 5.96 Å². The topological polar surface area (TPSA) is 67.4 Å². The minimum absolute atomic E-state index is 0. The smallest absolute Gasteiger partial charge is 0.191 e. The molecule has 2 aromatic rings. The van der Waals surface area contributed by atoms with E-state index in [1.165, 1.54) is 16.7 Å². The van der Waals surface area contributed by atoms with E-state index in [0.717, 1.165) is 50.1 Å². The zero-order valence-corrected chi connectivity index (χ0v) is 22.3. The molecular formula is C25H37IN4O3. The number of nitrogens with zero attached hydrogens (tertiary/aromatic N) is 2. The Hall–Kier alpha value is -1.88. The van der Waals surface area contributed by atoms with Crippen LogP contribution in [0.5, 0.6) is 5.75 Å². The van der Waals surface area contributed by atoms with E-state index in [2.05, 4.69) is 69.9 Å². The number of methoxy groups -OCH3 is 1. The highest BCUT2D eigenvalue weighted by molar-refractivity contribution is 14.0. The summed E-state index contributed by atoms with van der Waals surface area (Å²) >= 11 is 0. The largest absolute Gasteiger partial charge is 0.491 e. The zero-order valence-electron chi connectivity index (χ0n) is 19.9. The second kappa shape index (κ2) is 15.1. The van der Waals surface area contributed by atoms with E-state index in [9.17, 15) is 0 Å². The summed E-state index contributed by atoms with van der Waals surface area (Å²) in [6, 6.07) is 15.0.